The number of tetrazole rings is 1. The lowest BCUT2D eigenvalue weighted by atomic mass is 10.3. The summed E-state index contributed by atoms with van der Waals surface area (Å²) >= 11 is 1.92. The van der Waals surface area contributed by atoms with Gasteiger partial charge >= 0.3 is 0 Å². The van der Waals surface area contributed by atoms with E-state index in [1.807, 2.05) is 42.1 Å². The molecular weight excluding hydrogens is 258 g/mol. The van der Waals surface area contributed by atoms with Crippen LogP contribution in [0.3, 0.4) is 0 Å². The van der Waals surface area contributed by atoms with Crippen molar-refractivity contribution < 1.29 is 0 Å². The van der Waals surface area contributed by atoms with Gasteiger partial charge in [0.25, 0.3) is 0 Å². The van der Waals surface area contributed by atoms with Crippen molar-refractivity contribution in [2.45, 2.75) is 25.5 Å². The van der Waals surface area contributed by atoms with Gasteiger partial charge < -0.3 is 5.32 Å². The van der Waals surface area contributed by atoms with Crippen molar-refractivity contribution in [3.05, 3.63) is 30.3 Å². The Kier molecular flexibility index (Phi) is 4.42. The SMILES string of the molecule is CC(C)(C)SCCNc1nnnn1-c1ccccc1. The third kappa shape index (κ3) is 4.24. The van der Waals surface area contributed by atoms with Crippen molar-refractivity contribution in [1.29, 1.82) is 0 Å². The topological polar surface area (TPSA) is 55.6 Å². The molecule has 0 saturated carbocycles. The van der Waals surface area contributed by atoms with Gasteiger partial charge in [-0.1, -0.05) is 44.1 Å². The van der Waals surface area contributed by atoms with E-state index in [0.29, 0.717) is 5.95 Å². The van der Waals surface area contributed by atoms with E-state index in [4.69, 9.17) is 0 Å². The lowest BCUT2D eigenvalue weighted by Gasteiger charge is -2.17. The zero-order valence-electron chi connectivity index (χ0n) is 11.5. The predicted molar refractivity (Wildman–Crippen MR) is 79.9 cm³/mol. The van der Waals surface area contributed by atoms with Crippen molar-refractivity contribution in [3.63, 3.8) is 0 Å². The molecule has 0 fully saturated rings. The first-order valence-electron chi connectivity index (χ1n) is 6.28. The maximum absolute atomic E-state index is 4.01. The molecule has 0 atom stereocenters. The summed E-state index contributed by atoms with van der Waals surface area (Å²) in [6, 6.07) is 9.87. The van der Waals surface area contributed by atoms with Gasteiger partial charge in [0, 0.05) is 17.0 Å². The Morgan fingerprint density at radius 2 is 1.95 bits per heavy atom. The number of anilines is 1. The molecule has 2 rings (SSSR count). The fourth-order valence-electron chi connectivity index (χ4n) is 1.56. The molecule has 0 unspecified atom stereocenters. The number of para-hydroxylation sites is 1. The Morgan fingerprint density at radius 3 is 2.63 bits per heavy atom. The van der Waals surface area contributed by atoms with Gasteiger partial charge in [-0.2, -0.15) is 16.4 Å². The van der Waals surface area contributed by atoms with Crippen molar-refractivity contribution in [3.8, 4) is 5.69 Å². The molecule has 0 aliphatic heterocycles. The van der Waals surface area contributed by atoms with Gasteiger partial charge in [-0.25, -0.2) is 0 Å². The van der Waals surface area contributed by atoms with Crippen LogP contribution >= 0.6 is 11.8 Å². The Morgan fingerprint density at radius 1 is 1.21 bits per heavy atom. The minimum Gasteiger partial charge on any atom is -0.352 e. The summed E-state index contributed by atoms with van der Waals surface area (Å²) in [5.41, 5.74) is 0.957. The highest BCUT2D eigenvalue weighted by Crippen LogP contribution is 2.22. The van der Waals surface area contributed by atoms with Crippen LogP contribution in [0.4, 0.5) is 5.95 Å². The molecule has 5 nitrogen and oxygen atoms in total. The largest absolute Gasteiger partial charge is 0.352 e. The van der Waals surface area contributed by atoms with Crippen LogP contribution in [0.25, 0.3) is 5.69 Å². The lowest BCUT2D eigenvalue weighted by Crippen LogP contribution is -2.15. The van der Waals surface area contributed by atoms with E-state index in [1.165, 1.54) is 0 Å². The second-order valence-electron chi connectivity index (χ2n) is 5.14. The highest BCUT2D eigenvalue weighted by Gasteiger charge is 2.11. The molecule has 102 valence electrons. The third-order valence-corrected chi connectivity index (χ3v) is 3.66. The van der Waals surface area contributed by atoms with Crippen LogP contribution in [0.1, 0.15) is 20.8 Å². The third-order valence-electron chi connectivity index (χ3n) is 2.39. The number of thioether (sulfide) groups is 1. The average Bonchev–Trinajstić information content (AvgIpc) is 2.83. The van der Waals surface area contributed by atoms with E-state index in [-0.39, 0.29) is 4.75 Å². The molecule has 1 aromatic heterocycles. The molecule has 0 spiro atoms. The Bertz CT molecular complexity index is 503. The Hall–Kier alpha value is -1.56. The summed E-state index contributed by atoms with van der Waals surface area (Å²) in [6.07, 6.45) is 0. The molecule has 0 amide bonds. The normalized spacial score (nSPS) is 11.5. The first kappa shape index (κ1) is 13.9. The quantitative estimate of drug-likeness (QED) is 0.851. The standard InChI is InChI=1S/C13H19N5S/c1-13(2,3)19-10-9-14-12-15-16-17-18(12)11-7-5-4-6-8-11/h4-8H,9-10H2,1-3H3,(H,14,15,17). The fourth-order valence-corrected chi connectivity index (χ4v) is 2.38. The van der Waals surface area contributed by atoms with Crippen LogP contribution in [-0.2, 0) is 0 Å². The van der Waals surface area contributed by atoms with Crippen molar-refractivity contribution >= 4 is 17.7 Å². The van der Waals surface area contributed by atoms with E-state index in [9.17, 15) is 0 Å². The average molecular weight is 277 g/mol. The van der Waals surface area contributed by atoms with E-state index in [1.54, 1.807) is 4.68 Å². The Labute approximate surface area is 117 Å². The van der Waals surface area contributed by atoms with Crippen LogP contribution in [0.15, 0.2) is 30.3 Å². The number of nitrogens with one attached hydrogen (secondary N) is 1. The summed E-state index contributed by atoms with van der Waals surface area (Å²) in [4.78, 5) is 0. The molecule has 0 aliphatic rings. The molecule has 0 bridgehead atoms. The van der Waals surface area contributed by atoms with Crippen LogP contribution in [0, 0.1) is 0 Å². The molecule has 6 heteroatoms. The maximum atomic E-state index is 4.01. The van der Waals surface area contributed by atoms with Crippen LogP contribution in [0.2, 0.25) is 0 Å². The van der Waals surface area contributed by atoms with E-state index >= 15 is 0 Å². The highest BCUT2D eigenvalue weighted by atomic mass is 32.2. The van der Waals surface area contributed by atoms with Crippen molar-refractivity contribution in [1.82, 2.24) is 20.2 Å². The molecule has 0 radical (unpaired) electrons. The second-order valence-corrected chi connectivity index (χ2v) is 7.06. The summed E-state index contributed by atoms with van der Waals surface area (Å²) in [6.45, 7) is 7.48. The molecular formula is C13H19N5S. The minimum atomic E-state index is 0.285. The smallest absolute Gasteiger partial charge is 0.247 e. The second kappa shape index (κ2) is 6.06. The lowest BCUT2D eigenvalue weighted by molar-refractivity contribution is 0.789. The monoisotopic (exact) mass is 277 g/mol. The molecule has 1 N–H and O–H groups in total. The maximum Gasteiger partial charge on any atom is 0.247 e. The zero-order valence-corrected chi connectivity index (χ0v) is 12.3. The van der Waals surface area contributed by atoms with E-state index < -0.39 is 0 Å². The number of nitrogens with zero attached hydrogens (tertiary/aromatic N) is 4. The number of hydrogen-bond donors (Lipinski definition) is 1. The summed E-state index contributed by atoms with van der Waals surface area (Å²) in [5.74, 6) is 1.70. The predicted octanol–water partition coefficient (Wildman–Crippen LogP) is 2.61. The molecule has 19 heavy (non-hydrogen) atoms. The minimum absolute atomic E-state index is 0.285. The van der Waals surface area contributed by atoms with Gasteiger partial charge in [0.05, 0.1) is 5.69 Å². The van der Waals surface area contributed by atoms with Crippen LogP contribution in [0.5, 0.6) is 0 Å². The van der Waals surface area contributed by atoms with Gasteiger partial charge in [-0.05, 0) is 22.6 Å². The van der Waals surface area contributed by atoms with Gasteiger partial charge in [-0.15, -0.1) is 0 Å². The van der Waals surface area contributed by atoms with E-state index in [0.717, 1.165) is 18.0 Å². The van der Waals surface area contributed by atoms with Gasteiger partial charge in [0.2, 0.25) is 5.95 Å². The molecule has 1 aromatic carbocycles. The molecule has 1 heterocycles. The van der Waals surface area contributed by atoms with Crippen LogP contribution in [-0.4, -0.2) is 37.3 Å². The highest BCUT2D eigenvalue weighted by molar-refractivity contribution is 8.00. The van der Waals surface area contributed by atoms with Crippen LogP contribution < -0.4 is 5.32 Å². The number of benzene rings is 1. The van der Waals surface area contributed by atoms with Gasteiger partial charge in [0.15, 0.2) is 0 Å². The zero-order chi connectivity index (χ0) is 13.7. The summed E-state index contributed by atoms with van der Waals surface area (Å²) in [7, 11) is 0. The number of hydrogen-bond acceptors (Lipinski definition) is 5. The first-order chi connectivity index (χ1) is 9.06. The van der Waals surface area contributed by atoms with Crippen molar-refractivity contribution in [2.75, 3.05) is 17.6 Å². The van der Waals surface area contributed by atoms with E-state index in [2.05, 4.69) is 41.6 Å². The molecule has 2 aromatic rings. The van der Waals surface area contributed by atoms with Gasteiger partial charge in [-0.3, -0.25) is 0 Å². The van der Waals surface area contributed by atoms with Crippen molar-refractivity contribution in [2.24, 2.45) is 0 Å². The number of rotatable bonds is 5. The molecule has 0 saturated heterocycles. The fraction of sp³-hybridized carbons (Fsp3) is 0.462. The summed E-state index contributed by atoms with van der Waals surface area (Å²) in [5, 5.41) is 15.0. The number of aromatic nitrogens is 4. The Balaban J connectivity index is 1.94. The molecule has 0 aliphatic carbocycles. The summed E-state index contributed by atoms with van der Waals surface area (Å²) < 4.78 is 1.99. The van der Waals surface area contributed by atoms with Gasteiger partial charge in [0.1, 0.15) is 0 Å². The first-order valence-corrected chi connectivity index (χ1v) is 7.26.